The van der Waals surface area contributed by atoms with Gasteiger partial charge in [-0.3, -0.25) is 4.79 Å². The summed E-state index contributed by atoms with van der Waals surface area (Å²) in [5.41, 5.74) is 2.05. The van der Waals surface area contributed by atoms with E-state index in [9.17, 15) is 4.79 Å². The van der Waals surface area contributed by atoms with Gasteiger partial charge >= 0.3 is 5.97 Å². The van der Waals surface area contributed by atoms with Crippen molar-refractivity contribution >= 4 is 22.8 Å². The molecule has 0 fully saturated rings. The first kappa shape index (κ1) is 13.1. The molecule has 0 aliphatic rings. The van der Waals surface area contributed by atoms with Crippen LogP contribution in [0.15, 0.2) is 18.2 Å². The summed E-state index contributed by atoms with van der Waals surface area (Å²) in [4.78, 5) is 19.6. The summed E-state index contributed by atoms with van der Waals surface area (Å²) in [6, 6.07) is 4.65. The number of hydrogen-bond donors (Lipinski definition) is 2. The molecule has 1 aromatic heterocycles. The van der Waals surface area contributed by atoms with Crippen LogP contribution in [-0.4, -0.2) is 34.2 Å². The van der Waals surface area contributed by atoms with Crippen molar-refractivity contribution in [3.63, 3.8) is 0 Å². The first-order chi connectivity index (χ1) is 9.01. The molecule has 0 spiro atoms. The van der Waals surface area contributed by atoms with E-state index in [-0.39, 0.29) is 0 Å². The second-order valence-electron chi connectivity index (χ2n) is 4.22. The maximum Gasteiger partial charge on any atom is 0.325 e. The second-order valence-corrected chi connectivity index (χ2v) is 4.22. The number of aromatic nitrogens is 2. The predicted octanol–water partition coefficient (Wildman–Crippen LogP) is 1.83. The van der Waals surface area contributed by atoms with E-state index in [0.717, 1.165) is 0 Å². The Morgan fingerprint density at radius 2 is 2.11 bits per heavy atom. The first-order valence-electron chi connectivity index (χ1n) is 5.83. The van der Waals surface area contributed by atoms with E-state index >= 15 is 0 Å². The molecule has 100 valence electrons. The molecule has 1 aromatic carbocycles. The maximum absolute atomic E-state index is 10.8. The number of ether oxygens (including phenoxy) is 1. The van der Waals surface area contributed by atoms with Crippen LogP contribution in [0.3, 0.4) is 0 Å². The van der Waals surface area contributed by atoms with Gasteiger partial charge in [0.25, 0.3) is 0 Å². The van der Waals surface area contributed by atoms with E-state index in [4.69, 9.17) is 9.84 Å². The van der Waals surface area contributed by atoms with Crippen LogP contribution >= 0.6 is 0 Å². The van der Waals surface area contributed by atoms with Gasteiger partial charge < -0.3 is 15.2 Å². The van der Waals surface area contributed by atoms with Gasteiger partial charge in [0, 0.05) is 6.07 Å². The van der Waals surface area contributed by atoms with Crippen molar-refractivity contribution in [2.45, 2.75) is 19.9 Å². The van der Waals surface area contributed by atoms with E-state index in [1.807, 2.05) is 0 Å². The number of methoxy groups -OCH3 is 1. The number of carboxylic acid groups (broad SMARTS) is 1. The number of rotatable bonds is 4. The second kappa shape index (κ2) is 5.09. The highest BCUT2D eigenvalue weighted by Crippen LogP contribution is 2.21. The van der Waals surface area contributed by atoms with E-state index < -0.39 is 12.0 Å². The van der Waals surface area contributed by atoms with Crippen LogP contribution in [0.1, 0.15) is 12.6 Å². The quantitative estimate of drug-likeness (QED) is 0.873. The molecule has 1 heterocycles. The van der Waals surface area contributed by atoms with E-state index in [0.29, 0.717) is 28.3 Å². The number of aryl methyl sites for hydroxylation is 1. The van der Waals surface area contributed by atoms with Gasteiger partial charge in [0.15, 0.2) is 0 Å². The minimum absolute atomic E-state index is 0.479. The van der Waals surface area contributed by atoms with Crippen LogP contribution in [0.5, 0.6) is 5.75 Å². The van der Waals surface area contributed by atoms with Crippen molar-refractivity contribution < 1.29 is 14.6 Å². The third-order valence-electron chi connectivity index (χ3n) is 2.77. The van der Waals surface area contributed by atoms with Gasteiger partial charge in [-0.1, -0.05) is 0 Å². The van der Waals surface area contributed by atoms with Crippen molar-refractivity contribution in [2.75, 3.05) is 12.4 Å². The molecule has 6 heteroatoms. The Morgan fingerprint density at radius 1 is 1.37 bits per heavy atom. The highest BCUT2D eigenvalue weighted by Gasteiger charge is 2.13. The number of carbonyl (C=O) groups is 1. The Kier molecular flexibility index (Phi) is 3.50. The van der Waals surface area contributed by atoms with Crippen LogP contribution in [0.2, 0.25) is 0 Å². The third kappa shape index (κ3) is 2.73. The number of benzene rings is 1. The minimum Gasteiger partial charge on any atom is -0.497 e. The average Bonchev–Trinajstić information content (AvgIpc) is 2.38. The van der Waals surface area contributed by atoms with Crippen molar-refractivity contribution in [3.8, 4) is 5.75 Å². The van der Waals surface area contributed by atoms with Gasteiger partial charge in [-0.25, -0.2) is 9.97 Å². The molecule has 0 aliphatic heterocycles. The molecule has 2 rings (SSSR count). The van der Waals surface area contributed by atoms with E-state index in [1.165, 1.54) is 0 Å². The monoisotopic (exact) mass is 261 g/mol. The third-order valence-corrected chi connectivity index (χ3v) is 2.77. The Labute approximate surface area is 110 Å². The molecule has 0 amide bonds. The predicted molar refractivity (Wildman–Crippen MR) is 71.5 cm³/mol. The molecule has 1 atom stereocenters. The number of nitrogens with one attached hydrogen (secondary N) is 1. The van der Waals surface area contributed by atoms with E-state index in [2.05, 4.69) is 15.3 Å². The van der Waals surface area contributed by atoms with Gasteiger partial charge in [-0.15, -0.1) is 0 Å². The normalized spacial score (nSPS) is 12.2. The summed E-state index contributed by atoms with van der Waals surface area (Å²) in [6.45, 7) is 3.34. The van der Waals surface area contributed by atoms with Crippen molar-refractivity contribution in [1.82, 2.24) is 9.97 Å². The van der Waals surface area contributed by atoms with Crippen LogP contribution in [0.4, 0.5) is 5.82 Å². The number of anilines is 1. The molecule has 0 radical (unpaired) electrons. The van der Waals surface area contributed by atoms with Crippen molar-refractivity contribution in [3.05, 3.63) is 23.9 Å². The SMILES string of the molecule is COc1ccc2nc(NC(C)C(=O)O)c(C)nc2c1. The number of fused-ring (bicyclic) bond motifs is 1. The molecule has 0 aliphatic carbocycles. The molecule has 6 nitrogen and oxygen atoms in total. The van der Waals surface area contributed by atoms with E-state index in [1.54, 1.807) is 39.2 Å². The number of nitrogens with zero attached hydrogens (tertiary/aromatic N) is 2. The van der Waals surface area contributed by atoms with Gasteiger partial charge in [0.1, 0.15) is 17.6 Å². The lowest BCUT2D eigenvalue weighted by Gasteiger charge is -2.12. The molecule has 0 saturated heterocycles. The molecular formula is C13H15N3O3. The minimum atomic E-state index is -0.934. The smallest absolute Gasteiger partial charge is 0.325 e. The standard InChI is InChI=1S/C13H15N3O3/c1-7-12(15-8(2)13(17)18)16-10-5-4-9(19-3)6-11(10)14-7/h4-6,8H,1-3H3,(H,15,16)(H,17,18). The van der Waals surface area contributed by atoms with Gasteiger partial charge in [0.05, 0.1) is 23.8 Å². The Hall–Kier alpha value is -2.37. The lowest BCUT2D eigenvalue weighted by molar-refractivity contribution is -0.137. The summed E-state index contributed by atoms with van der Waals surface area (Å²) in [7, 11) is 1.59. The number of hydrogen-bond acceptors (Lipinski definition) is 5. The Balaban J connectivity index is 2.41. The molecule has 0 bridgehead atoms. The zero-order chi connectivity index (χ0) is 14.0. The maximum atomic E-state index is 10.8. The summed E-state index contributed by atoms with van der Waals surface area (Å²) in [5.74, 6) is 0.254. The van der Waals surface area contributed by atoms with Gasteiger partial charge in [-0.05, 0) is 26.0 Å². The Morgan fingerprint density at radius 3 is 2.74 bits per heavy atom. The largest absolute Gasteiger partial charge is 0.497 e. The van der Waals surface area contributed by atoms with Gasteiger partial charge in [0.2, 0.25) is 0 Å². The van der Waals surface area contributed by atoms with Crippen LogP contribution in [-0.2, 0) is 4.79 Å². The average molecular weight is 261 g/mol. The summed E-state index contributed by atoms with van der Waals surface area (Å²) < 4.78 is 5.13. The molecular weight excluding hydrogens is 246 g/mol. The van der Waals surface area contributed by atoms with Crippen LogP contribution < -0.4 is 10.1 Å². The molecule has 2 aromatic rings. The van der Waals surface area contributed by atoms with Crippen molar-refractivity contribution in [1.29, 1.82) is 0 Å². The number of carboxylic acids is 1. The Bertz CT molecular complexity index is 628. The fraction of sp³-hybridized carbons (Fsp3) is 0.308. The molecule has 19 heavy (non-hydrogen) atoms. The summed E-state index contributed by atoms with van der Waals surface area (Å²) >= 11 is 0. The number of aliphatic carboxylic acids is 1. The lowest BCUT2D eigenvalue weighted by Crippen LogP contribution is -2.26. The highest BCUT2D eigenvalue weighted by atomic mass is 16.5. The topological polar surface area (TPSA) is 84.3 Å². The zero-order valence-corrected chi connectivity index (χ0v) is 11.0. The first-order valence-corrected chi connectivity index (χ1v) is 5.83. The molecule has 0 saturated carbocycles. The summed E-state index contributed by atoms with van der Waals surface area (Å²) in [6.07, 6.45) is 0. The van der Waals surface area contributed by atoms with Gasteiger partial charge in [-0.2, -0.15) is 0 Å². The fourth-order valence-corrected chi connectivity index (χ4v) is 1.65. The van der Waals surface area contributed by atoms with Crippen molar-refractivity contribution in [2.24, 2.45) is 0 Å². The summed E-state index contributed by atoms with van der Waals surface area (Å²) in [5, 5.41) is 11.7. The van der Waals surface area contributed by atoms with Crippen LogP contribution in [0, 0.1) is 6.92 Å². The lowest BCUT2D eigenvalue weighted by atomic mass is 10.2. The zero-order valence-electron chi connectivity index (χ0n) is 11.0. The highest BCUT2D eigenvalue weighted by molar-refractivity contribution is 5.80. The van der Waals surface area contributed by atoms with Crippen LogP contribution in [0.25, 0.3) is 11.0 Å². The molecule has 2 N–H and O–H groups in total. The molecule has 1 unspecified atom stereocenters. The fourth-order valence-electron chi connectivity index (χ4n) is 1.65.